The van der Waals surface area contributed by atoms with Gasteiger partial charge in [-0.05, 0) is 19.3 Å². The summed E-state index contributed by atoms with van der Waals surface area (Å²) in [5.74, 6) is -0.0725. The van der Waals surface area contributed by atoms with Crippen LogP contribution in [-0.4, -0.2) is 42.4 Å². The number of carbonyl (C=O) groups is 2. The first-order valence-electron chi connectivity index (χ1n) is 5.95. The summed E-state index contributed by atoms with van der Waals surface area (Å²) in [6.07, 6.45) is 3.27. The first kappa shape index (κ1) is 16.2. The monoisotopic (exact) mass is 263 g/mol. The number of amides is 2. The van der Waals surface area contributed by atoms with Crippen LogP contribution in [0, 0.1) is 0 Å². The highest BCUT2D eigenvalue weighted by atomic mass is 35.5. The quantitative estimate of drug-likeness (QED) is 0.748. The van der Waals surface area contributed by atoms with E-state index in [1.807, 2.05) is 6.92 Å². The highest BCUT2D eigenvalue weighted by Gasteiger charge is 2.27. The van der Waals surface area contributed by atoms with Crippen molar-refractivity contribution in [3.63, 3.8) is 0 Å². The van der Waals surface area contributed by atoms with Gasteiger partial charge in [-0.1, -0.05) is 6.92 Å². The van der Waals surface area contributed by atoms with E-state index in [1.165, 1.54) is 0 Å². The van der Waals surface area contributed by atoms with Gasteiger partial charge in [-0.3, -0.25) is 9.59 Å². The van der Waals surface area contributed by atoms with Gasteiger partial charge in [-0.15, -0.1) is 12.4 Å². The van der Waals surface area contributed by atoms with Gasteiger partial charge in [0.25, 0.3) is 0 Å². The number of halogens is 1. The Labute approximate surface area is 109 Å². The highest BCUT2D eigenvalue weighted by Crippen LogP contribution is 2.15. The van der Waals surface area contributed by atoms with E-state index >= 15 is 0 Å². The maximum Gasteiger partial charge on any atom is 0.242 e. The van der Waals surface area contributed by atoms with Gasteiger partial charge >= 0.3 is 0 Å². The SMILES string of the molecule is CCCC(=O)NCC(=O)N1CCCC1CN.Cl. The molecule has 1 unspecified atom stereocenters. The first-order valence-corrected chi connectivity index (χ1v) is 5.95. The van der Waals surface area contributed by atoms with E-state index in [9.17, 15) is 9.59 Å². The van der Waals surface area contributed by atoms with Crippen LogP contribution >= 0.6 is 12.4 Å². The lowest BCUT2D eigenvalue weighted by molar-refractivity contribution is -0.133. The summed E-state index contributed by atoms with van der Waals surface area (Å²) >= 11 is 0. The minimum Gasteiger partial charge on any atom is -0.347 e. The van der Waals surface area contributed by atoms with Gasteiger partial charge in [0.2, 0.25) is 11.8 Å². The lowest BCUT2D eigenvalue weighted by atomic mass is 10.2. The van der Waals surface area contributed by atoms with Crippen molar-refractivity contribution in [3.8, 4) is 0 Å². The second-order valence-corrected chi connectivity index (χ2v) is 4.15. The van der Waals surface area contributed by atoms with Gasteiger partial charge in [-0.2, -0.15) is 0 Å². The second kappa shape index (κ2) is 8.31. The Hall–Kier alpha value is -0.810. The molecule has 1 heterocycles. The molecule has 1 aliphatic rings. The fourth-order valence-electron chi connectivity index (χ4n) is 2.00. The largest absolute Gasteiger partial charge is 0.347 e. The van der Waals surface area contributed by atoms with Crippen molar-refractivity contribution in [2.24, 2.45) is 5.73 Å². The third kappa shape index (κ3) is 4.91. The first-order chi connectivity index (χ1) is 7.69. The maximum absolute atomic E-state index is 11.8. The third-order valence-corrected chi connectivity index (χ3v) is 2.88. The van der Waals surface area contributed by atoms with E-state index in [-0.39, 0.29) is 36.8 Å². The predicted molar refractivity (Wildman–Crippen MR) is 69.0 cm³/mol. The molecule has 2 amide bonds. The molecule has 0 radical (unpaired) electrons. The average molecular weight is 264 g/mol. The molecule has 100 valence electrons. The van der Waals surface area contributed by atoms with E-state index in [4.69, 9.17) is 5.73 Å². The van der Waals surface area contributed by atoms with Gasteiger partial charge < -0.3 is 16.0 Å². The van der Waals surface area contributed by atoms with Crippen molar-refractivity contribution in [2.45, 2.75) is 38.6 Å². The molecule has 0 aromatic carbocycles. The molecule has 5 nitrogen and oxygen atoms in total. The van der Waals surface area contributed by atoms with Crippen molar-refractivity contribution in [1.29, 1.82) is 0 Å². The Morgan fingerprint density at radius 3 is 2.76 bits per heavy atom. The Bertz CT molecular complexity index is 261. The van der Waals surface area contributed by atoms with Crippen LogP contribution in [0.4, 0.5) is 0 Å². The van der Waals surface area contributed by atoms with Gasteiger partial charge in [0.15, 0.2) is 0 Å². The van der Waals surface area contributed by atoms with Gasteiger partial charge in [0.05, 0.1) is 6.54 Å². The van der Waals surface area contributed by atoms with Crippen LogP contribution in [-0.2, 0) is 9.59 Å². The molecular formula is C11H22ClN3O2. The Kier molecular flexibility index (Phi) is 7.91. The van der Waals surface area contributed by atoms with Crippen LogP contribution in [0.25, 0.3) is 0 Å². The Morgan fingerprint density at radius 1 is 1.47 bits per heavy atom. The van der Waals surface area contributed by atoms with Crippen LogP contribution in [0.2, 0.25) is 0 Å². The smallest absolute Gasteiger partial charge is 0.242 e. The predicted octanol–water partition coefficient (Wildman–Crippen LogP) is 0.274. The fourth-order valence-corrected chi connectivity index (χ4v) is 2.00. The molecule has 1 fully saturated rings. The van der Waals surface area contributed by atoms with Crippen molar-refractivity contribution in [3.05, 3.63) is 0 Å². The summed E-state index contributed by atoms with van der Waals surface area (Å²) in [5.41, 5.74) is 5.58. The zero-order chi connectivity index (χ0) is 12.0. The van der Waals surface area contributed by atoms with Crippen LogP contribution in [0.3, 0.4) is 0 Å². The zero-order valence-corrected chi connectivity index (χ0v) is 11.1. The van der Waals surface area contributed by atoms with E-state index in [0.29, 0.717) is 13.0 Å². The van der Waals surface area contributed by atoms with Crippen molar-refractivity contribution in [1.82, 2.24) is 10.2 Å². The minimum atomic E-state index is -0.0562. The molecule has 0 aliphatic carbocycles. The molecule has 1 rings (SSSR count). The van der Waals surface area contributed by atoms with E-state index in [2.05, 4.69) is 5.32 Å². The van der Waals surface area contributed by atoms with Crippen molar-refractivity contribution < 1.29 is 9.59 Å². The summed E-state index contributed by atoms with van der Waals surface area (Å²) in [6, 6.07) is 0.163. The van der Waals surface area contributed by atoms with Crippen molar-refractivity contribution >= 4 is 24.2 Å². The zero-order valence-electron chi connectivity index (χ0n) is 10.3. The minimum absolute atomic E-state index is 0. The molecule has 1 saturated heterocycles. The molecule has 0 aromatic heterocycles. The number of nitrogens with one attached hydrogen (secondary N) is 1. The maximum atomic E-state index is 11.8. The molecule has 0 bridgehead atoms. The molecule has 1 aliphatic heterocycles. The molecule has 0 saturated carbocycles. The third-order valence-electron chi connectivity index (χ3n) is 2.88. The standard InChI is InChI=1S/C11H21N3O2.ClH/c1-2-4-10(15)13-8-11(16)14-6-3-5-9(14)7-12;/h9H,2-8,12H2,1H3,(H,13,15);1H. The molecule has 17 heavy (non-hydrogen) atoms. The van der Waals surface area contributed by atoms with E-state index in [1.54, 1.807) is 4.90 Å². The molecule has 0 aromatic rings. The van der Waals surface area contributed by atoms with Crippen LogP contribution in [0.1, 0.15) is 32.6 Å². The van der Waals surface area contributed by atoms with Gasteiger partial charge in [0, 0.05) is 25.6 Å². The van der Waals surface area contributed by atoms with Crippen LogP contribution < -0.4 is 11.1 Å². The Balaban J connectivity index is 0.00000256. The number of hydrogen-bond acceptors (Lipinski definition) is 3. The summed E-state index contributed by atoms with van der Waals surface area (Å²) in [6.45, 7) is 3.32. The second-order valence-electron chi connectivity index (χ2n) is 4.15. The normalized spacial score (nSPS) is 18.7. The van der Waals surface area contributed by atoms with E-state index < -0.39 is 0 Å². The number of likely N-dealkylation sites (tertiary alicyclic amines) is 1. The summed E-state index contributed by atoms with van der Waals surface area (Å²) in [5, 5.41) is 2.63. The van der Waals surface area contributed by atoms with E-state index in [0.717, 1.165) is 25.8 Å². The number of nitrogens with zero attached hydrogens (tertiary/aromatic N) is 1. The topological polar surface area (TPSA) is 75.4 Å². The molecule has 0 spiro atoms. The number of rotatable bonds is 5. The van der Waals surface area contributed by atoms with Crippen LogP contribution in [0.15, 0.2) is 0 Å². The molecule has 6 heteroatoms. The van der Waals surface area contributed by atoms with Crippen LogP contribution in [0.5, 0.6) is 0 Å². The molecular weight excluding hydrogens is 242 g/mol. The Morgan fingerprint density at radius 2 is 2.18 bits per heavy atom. The molecule has 3 N–H and O–H groups in total. The van der Waals surface area contributed by atoms with Gasteiger partial charge in [-0.25, -0.2) is 0 Å². The molecule has 1 atom stereocenters. The van der Waals surface area contributed by atoms with Crippen molar-refractivity contribution in [2.75, 3.05) is 19.6 Å². The number of hydrogen-bond donors (Lipinski definition) is 2. The van der Waals surface area contributed by atoms with Gasteiger partial charge in [0.1, 0.15) is 0 Å². The summed E-state index contributed by atoms with van der Waals surface area (Å²) < 4.78 is 0. The summed E-state index contributed by atoms with van der Waals surface area (Å²) in [4.78, 5) is 24.8. The average Bonchev–Trinajstić information content (AvgIpc) is 2.74. The highest BCUT2D eigenvalue weighted by molar-refractivity contribution is 5.85. The lowest BCUT2D eigenvalue weighted by Crippen LogP contribution is -2.45. The number of carbonyl (C=O) groups excluding carboxylic acids is 2. The summed E-state index contributed by atoms with van der Waals surface area (Å²) in [7, 11) is 0. The lowest BCUT2D eigenvalue weighted by Gasteiger charge is -2.23. The number of nitrogens with two attached hydrogens (primary N) is 1. The fraction of sp³-hybridized carbons (Fsp3) is 0.818.